The molecule has 1 aromatic carbocycles. The monoisotopic (exact) mass is 254 g/mol. The van der Waals surface area contributed by atoms with Crippen molar-refractivity contribution in [3.05, 3.63) is 33.8 Å². The number of rotatable bonds is 4. The Morgan fingerprint density at radius 1 is 1.43 bits per heavy atom. The van der Waals surface area contributed by atoms with Crippen LogP contribution in [0, 0.1) is 6.92 Å². The molecule has 1 rings (SSSR count). The predicted octanol–water partition coefficient (Wildman–Crippen LogP) is 4.13. The number of carbonyl (C=O) groups is 1. The molecule has 0 heterocycles. The van der Waals surface area contributed by atoms with Crippen LogP contribution in [0.15, 0.2) is 22.7 Å². The fourth-order valence-corrected chi connectivity index (χ4v) is 2.03. The van der Waals surface area contributed by atoms with Crippen molar-refractivity contribution < 1.29 is 4.79 Å². The molecule has 0 radical (unpaired) electrons. The maximum absolute atomic E-state index is 11.7. The number of aryl methyl sites for hydroxylation is 1. The van der Waals surface area contributed by atoms with Crippen LogP contribution in [0.4, 0.5) is 0 Å². The van der Waals surface area contributed by atoms with Gasteiger partial charge in [-0.25, -0.2) is 0 Å². The van der Waals surface area contributed by atoms with Gasteiger partial charge in [0.1, 0.15) is 0 Å². The van der Waals surface area contributed by atoms with Crippen molar-refractivity contribution in [2.45, 2.75) is 33.1 Å². The van der Waals surface area contributed by atoms with Gasteiger partial charge in [0.15, 0.2) is 5.78 Å². The zero-order chi connectivity index (χ0) is 10.6. The third-order valence-electron chi connectivity index (χ3n) is 2.18. The van der Waals surface area contributed by atoms with E-state index >= 15 is 0 Å². The van der Waals surface area contributed by atoms with Gasteiger partial charge in [0.05, 0.1) is 0 Å². The van der Waals surface area contributed by atoms with Gasteiger partial charge in [-0.3, -0.25) is 4.79 Å². The van der Waals surface area contributed by atoms with E-state index in [9.17, 15) is 4.79 Å². The third kappa shape index (κ3) is 2.95. The molecule has 0 bridgehead atoms. The molecule has 0 aliphatic rings. The standard InChI is InChI=1S/C12H15BrO/c1-3-4-5-12(14)10-7-6-9(2)8-11(10)13/h6-8H,3-5H2,1-2H3. The van der Waals surface area contributed by atoms with E-state index in [1.165, 1.54) is 5.56 Å². The summed E-state index contributed by atoms with van der Waals surface area (Å²) in [4.78, 5) is 11.7. The average molecular weight is 255 g/mol. The Morgan fingerprint density at radius 3 is 2.71 bits per heavy atom. The van der Waals surface area contributed by atoms with Gasteiger partial charge in [0, 0.05) is 16.5 Å². The minimum absolute atomic E-state index is 0.235. The summed E-state index contributed by atoms with van der Waals surface area (Å²) in [6.45, 7) is 4.11. The normalized spacial score (nSPS) is 10.2. The molecule has 1 nitrogen and oxygen atoms in total. The molecule has 0 aliphatic heterocycles. The van der Waals surface area contributed by atoms with Gasteiger partial charge < -0.3 is 0 Å². The molecule has 0 unspecified atom stereocenters. The SMILES string of the molecule is CCCCC(=O)c1ccc(C)cc1Br. The second-order valence-electron chi connectivity index (χ2n) is 3.51. The van der Waals surface area contributed by atoms with Crippen LogP contribution in [-0.4, -0.2) is 5.78 Å². The van der Waals surface area contributed by atoms with Crippen LogP contribution in [-0.2, 0) is 0 Å². The molecule has 0 saturated carbocycles. The second-order valence-corrected chi connectivity index (χ2v) is 4.36. The van der Waals surface area contributed by atoms with E-state index in [2.05, 4.69) is 22.9 Å². The van der Waals surface area contributed by atoms with Crippen molar-refractivity contribution in [2.75, 3.05) is 0 Å². The van der Waals surface area contributed by atoms with E-state index in [0.29, 0.717) is 6.42 Å². The summed E-state index contributed by atoms with van der Waals surface area (Å²) in [6.07, 6.45) is 2.69. The second kappa shape index (κ2) is 5.30. The molecule has 1 aromatic rings. The summed E-state index contributed by atoms with van der Waals surface area (Å²) in [5.74, 6) is 0.235. The van der Waals surface area contributed by atoms with E-state index in [0.717, 1.165) is 22.9 Å². The number of ketones is 1. The molecular weight excluding hydrogens is 240 g/mol. The maximum atomic E-state index is 11.7. The van der Waals surface area contributed by atoms with E-state index < -0.39 is 0 Å². The number of halogens is 1. The van der Waals surface area contributed by atoms with Gasteiger partial charge in [-0.15, -0.1) is 0 Å². The highest BCUT2D eigenvalue weighted by Gasteiger charge is 2.08. The summed E-state index contributed by atoms with van der Waals surface area (Å²) in [5.41, 5.74) is 1.98. The molecule has 0 atom stereocenters. The van der Waals surface area contributed by atoms with Crippen molar-refractivity contribution >= 4 is 21.7 Å². The lowest BCUT2D eigenvalue weighted by atomic mass is 10.0. The first-order valence-electron chi connectivity index (χ1n) is 4.94. The lowest BCUT2D eigenvalue weighted by molar-refractivity contribution is 0.0979. The highest BCUT2D eigenvalue weighted by molar-refractivity contribution is 9.10. The van der Waals surface area contributed by atoms with Crippen LogP contribution in [0.3, 0.4) is 0 Å². The summed E-state index contributed by atoms with van der Waals surface area (Å²) in [6, 6.07) is 5.86. The first kappa shape index (κ1) is 11.4. The summed E-state index contributed by atoms with van der Waals surface area (Å²) in [5, 5.41) is 0. The van der Waals surface area contributed by atoms with Crippen molar-refractivity contribution in [2.24, 2.45) is 0 Å². The molecule has 0 amide bonds. The summed E-state index contributed by atoms with van der Waals surface area (Å²) >= 11 is 3.42. The minimum atomic E-state index is 0.235. The third-order valence-corrected chi connectivity index (χ3v) is 2.84. The lowest BCUT2D eigenvalue weighted by Gasteiger charge is -2.03. The smallest absolute Gasteiger partial charge is 0.164 e. The number of benzene rings is 1. The van der Waals surface area contributed by atoms with Gasteiger partial charge in [-0.2, -0.15) is 0 Å². The van der Waals surface area contributed by atoms with Crippen molar-refractivity contribution in [3.63, 3.8) is 0 Å². The van der Waals surface area contributed by atoms with Crippen LogP contribution < -0.4 is 0 Å². The van der Waals surface area contributed by atoms with Crippen molar-refractivity contribution in [1.29, 1.82) is 0 Å². The molecule has 0 fully saturated rings. The summed E-state index contributed by atoms with van der Waals surface area (Å²) in [7, 11) is 0. The molecule has 0 saturated heterocycles. The zero-order valence-electron chi connectivity index (χ0n) is 8.64. The Hall–Kier alpha value is -0.630. The van der Waals surface area contributed by atoms with Crippen molar-refractivity contribution in [1.82, 2.24) is 0 Å². The molecule has 14 heavy (non-hydrogen) atoms. The van der Waals surface area contributed by atoms with Crippen LogP contribution in [0.1, 0.15) is 42.1 Å². The average Bonchev–Trinajstić information content (AvgIpc) is 2.14. The van der Waals surface area contributed by atoms with Gasteiger partial charge in [-0.1, -0.05) is 41.4 Å². The predicted molar refractivity (Wildman–Crippen MR) is 62.7 cm³/mol. The highest BCUT2D eigenvalue weighted by Crippen LogP contribution is 2.20. The van der Waals surface area contributed by atoms with Crippen LogP contribution in [0.5, 0.6) is 0 Å². The Kier molecular flexibility index (Phi) is 4.33. The molecule has 0 aromatic heterocycles. The van der Waals surface area contributed by atoms with E-state index in [-0.39, 0.29) is 5.78 Å². The van der Waals surface area contributed by atoms with Gasteiger partial charge >= 0.3 is 0 Å². The van der Waals surface area contributed by atoms with E-state index in [1.54, 1.807) is 0 Å². The first-order chi connectivity index (χ1) is 6.65. The Labute approximate surface area is 93.7 Å². The molecule has 0 spiro atoms. The number of hydrogen-bond acceptors (Lipinski definition) is 1. The van der Waals surface area contributed by atoms with Gasteiger partial charge in [-0.05, 0) is 25.0 Å². The molecule has 0 aliphatic carbocycles. The highest BCUT2D eigenvalue weighted by atomic mass is 79.9. The Balaban J connectivity index is 2.80. The molecular formula is C12H15BrO. The maximum Gasteiger partial charge on any atom is 0.164 e. The summed E-state index contributed by atoms with van der Waals surface area (Å²) < 4.78 is 0.915. The zero-order valence-corrected chi connectivity index (χ0v) is 10.2. The van der Waals surface area contributed by atoms with Gasteiger partial charge in [0.2, 0.25) is 0 Å². The van der Waals surface area contributed by atoms with Crippen LogP contribution in [0.25, 0.3) is 0 Å². The van der Waals surface area contributed by atoms with E-state index in [1.807, 2.05) is 25.1 Å². The number of carbonyl (C=O) groups excluding carboxylic acids is 1. The molecule has 2 heteroatoms. The topological polar surface area (TPSA) is 17.1 Å². The van der Waals surface area contributed by atoms with Crippen LogP contribution in [0.2, 0.25) is 0 Å². The molecule has 0 N–H and O–H groups in total. The van der Waals surface area contributed by atoms with Gasteiger partial charge in [0.25, 0.3) is 0 Å². The van der Waals surface area contributed by atoms with Crippen molar-refractivity contribution in [3.8, 4) is 0 Å². The quantitative estimate of drug-likeness (QED) is 0.739. The largest absolute Gasteiger partial charge is 0.294 e. The number of Topliss-reactive ketones (excluding diaryl/α,β-unsaturated/α-hetero) is 1. The Bertz CT molecular complexity index is 331. The van der Waals surface area contributed by atoms with Crippen LogP contribution >= 0.6 is 15.9 Å². The fourth-order valence-electron chi connectivity index (χ4n) is 1.32. The number of hydrogen-bond donors (Lipinski definition) is 0. The van der Waals surface area contributed by atoms with E-state index in [4.69, 9.17) is 0 Å². The number of unbranched alkanes of at least 4 members (excludes halogenated alkanes) is 1. The molecule has 76 valence electrons. The lowest BCUT2D eigenvalue weighted by Crippen LogP contribution is -1.99. The first-order valence-corrected chi connectivity index (χ1v) is 5.73. The Morgan fingerprint density at radius 2 is 2.14 bits per heavy atom. The minimum Gasteiger partial charge on any atom is -0.294 e. The fraction of sp³-hybridized carbons (Fsp3) is 0.417.